The van der Waals surface area contributed by atoms with Crippen molar-refractivity contribution in [3.8, 4) is 0 Å². The summed E-state index contributed by atoms with van der Waals surface area (Å²) in [5, 5.41) is 3.31. The molecular weight excluding hydrogens is 201 g/mol. The lowest BCUT2D eigenvalue weighted by Gasteiger charge is -2.29. The van der Waals surface area contributed by atoms with E-state index in [1.165, 1.54) is 0 Å². The van der Waals surface area contributed by atoms with Crippen LogP contribution in [0.15, 0.2) is 12.3 Å². The number of hydrogen-bond acceptors (Lipinski definition) is 4. The van der Waals surface area contributed by atoms with Gasteiger partial charge in [0.2, 0.25) is 0 Å². The number of piperazine rings is 1. The zero-order chi connectivity index (χ0) is 11.5. The Morgan fingerprint density at radius 3 is 2.75 bits per heavy atom. The van der Waals surface area contributed by atoms with E-state index in [1.54, 1.807) is 14.0 Å². The highest BCUT2D eigenvalue weighted by atomic mass is 16.1. The van der Waals surface area contributed by atoms with Crippen molar-refractivity contribution < 1.29 is 4.79 Å². The van der Waals surface area contributed by atoms with Gasteiger partial charge in [-0.3, -0.25) is 0 Å². The predicted octanol–water partition coefficient (Wildman–Crippen LogP) is -0.427. The van der Waals surface area contributed by atoms with Crippen LogP contribution in [0.1, 0.15) is 15.9 Å². The van der Waals surface area contributed by atoms with Crippen LogP contribution in [0.3, 0.4) is 0 Å². The topological polar surface area (TPSA) is 45.2 Å². The fourth-order valence-corrected chi connectivity index (χ4v) is 1.97. The van der Waals surface area contributed by atoms with Crippen molar-refractivity contribution >= 4 is 19.3 Å². The molecular formula is C11H16BN3O. The number of pyridine rings is 1. The highest BCUT2D eigenvalue weighted by Crippen LogP contribution is 2.18. The summed E-state index contributed by atoms with van der Waals surface area (Å²) in [5.74, 6) is 1.01. The molecule has 0 spiro atoms. The number of nitrogens with one attached hydrogen (secondary N) is 1. The fraction of sp³-hybridized carbons (Fsp3) is 0.455. The lowest BCUT2D eigenvalue weighted by Crippen LogP contribution is -2.44. The molecule has 4 nitrogen and oxygen atoms in total. The van der Waals surface area contributed by atoms with E-state index in [9.17, 15) is 4.79 Å². The highest BCUT2D eigenvalue weighted by molar-refractivity contribution is 6.62. The fourth-order valence-electron chi connectivity index (χ4n) is 1.97. The first-order valence-electron chi connectivity index (χ1n) is 5.62. The molecule has 1 aromatic heterocycles. The Balaban J connectivity index is 2.24. The van der Waals surface area contributed by atoms with E-state index in [1.807, 2.05) is 13.0 Å². The van der Waals surface area contributed by atoms with Gasteiger partial charge in [0.15, 0.2) is 7.85 Å². The van der Waals surface area contributed by atoms with Crippen LogP contribution in [0.2, 0.25) is 0 Å². The molecule has 2 rings (SSSR count). The van der Waals surface area contributed by atoms with Gasteiger partial charge in [0.1, 0.15) is 11.5 Å². The number of carbonyl (C=O) groups excluding carboxylic acids is 1. The van der Waals surface area contributed by atoms with Crippen molar-refractivity contribution in [1.82, 2.24) is 10.3 Å². The van der Waals surface area contributed by atoms with Crippen molar-refractivity contribution in [2.45, 2.75) is 6.92 Å². The first-order valence-corrected chi connectivity index (χ1v) is 5.62. The molecule has 1 fully saturated rings. The van der Waals surface area contributed by atoms with Crippen molar-refractivity contribution in [3.63, 3.8) is 0 Å². The van der Waals surface area contributed by atoms with Crippen molar-refractivity contribution in [2.75, 3.05) is 31.1 Å². The van der Waals surface area contributed by atoms with Gasteiger partial charge in [-0.2, -0.15) is 0 Å². The molecule has 1 saturated heterocycles. The molecule has 1 aromatic rings. The van der Waals surface area contributed by atoms with Gasteiger partial charge in [0.05, 0.1) is 0 Å². The van der Waals surface area contributed by atoms with Gasteiger partial charge in [-0.25, -0.2) is 4.98 Å². The van der Waals surface area contributed by atoms with Crippen LogP contribution in [0.25, 0.3) is 0 Å². The van der Waals surface area contributed by atoms with Gasteiger partial charge in [-0.05, 0) is 18.6 Å². The second-order valence-corrected chi connectivity index (χ2v) is 4.16. The third-order valence-corrected chi connectivity index (χ3v) is 2.87. The van der Waals surface area contributed by atoms with E-state index in [4.69, 9.17) is 0 Å². The summed E-state index contributed by atoms with van der Waals surface area (Å²) in [5.41, 5.74) is 1.84. The normalized spacial score (nSPS) is 16.2. The Bertz CT molecular complexity index is 402. The molecule has 16 heavy (non-hydrogen) atoms. The number of nitrogens with zero attached hydrogens (tertiary/aromatic N) is 2. The molecule has 5 heteroatoms. The number of hydrogen-bond donors (Lipinski definition) is 1. The molecule has 0 atom stereocenters. The molecule has 0 aliphatic carbocycles. The molecule has 0 aromatic carbocycles. The van der Waals surface area contributed by atoms with Crippen LogP contribution < -0.4 is 10.2 Å². The van der Waals surface area contributed by atoms with Gasteiger partial charge in [0.25, 0.3) is 0 Å². The molecule has 0 amide bonds. The van der Waals surface area contributed by atoms with E-state index < -0.39 is 0 Å². The summed E-state index contributed by atoms with van der Waals surface area (Å²) in [6, 6.07) is 1.92. The van der Waals surface area contributed by atoms with Gasteiger partial charge >= 0.3 is 0 Å². The zero-order valence-electron chi connectivity index (χ0n) is 9.79. The monoisotopic (exact) mass is 217 g/mol. The number of aryl methyl sites for hydroxylation is 1. The van der Waals surface area contributed by atoms with Crippen LogP contribution in [-0.4, -0.2) is 44.7 Å². The summed E-state index contributed by atoms with van der Waals surface area (Å²) in [4.78, 5) is 17.9. The molecule has 1 N–H and O–H groups in total. The summed E-state index contributed by atoms with van der Waals surface area (Å²) >= 11 is 0. The van der Waals surface area contributed by atoms with Crippen molar-refractivity contribution in [3.05, 3.63) is 23.4 Å². The van der Waals surface area contributed by atoms with Gasteiger partial charge in [0, 0.05) is 37.9 Å². The Labute approximate surface area is 96.5 Å². The second kappa shape index (κ2) is 4.66. The van der Waals surface area contributed by atoms with Gasteiger partial charge in [-0.15, -0.1) is 0 Å². The Kier molecular flexibility index (Phi) is 3.24. The van der Waals surface area contributed by atoms with Gasteiger partial charge < -0.3 is 15.0 Å². The standard InChI is InChI=1S/C11H16BN3O/c1-8-6-9(10(12)16)7-14-11(8)15-4-2-13-3-5-15/h6-7,13H,2-5,12H2,1H3. The average molecular weight is 217 g/mol. The summed E-state index contributed by atoms with van der Waals surface area (Å²) in [7, 11) is 1.57. The second-order valence-electron chi connectivity index (χ2n) is 4.16. The molecule has 84 valence electrons. The van der Waals surface area contributed by atoms with E-state index >= 15 is 0 Å². The van der Waals surface area contributed by atoms with E-state index in [0.717, 1.165) is 37.6 Å². The number of anilines is 1. The lowest BCUT2D eigenvalue weighted by molar-refractivity contribution is 0.108. The molecule has 0 unspecified atom stereocenters. The van der Waals surface area contributed by atoms with Crippen molar-refractivity contribution in [2.24, 2.45) is 0 Å². The van der Waals surface area contributed by atoms with Crippen molar-refractivity contribution in [1.29, 1.82) is 0 Å². The Morgan fingerprint density at radius 2 is 2.19 bits per heavy atom. The van der Waals surface area contributed by atoms with Crippen LogP contribution in [-0.2, 0) is 0 Å². The van der Waals surface area contributed by atoms with Crippen LogP contribution in [0, 0.1) is 6.92 Å². The smallest absolute Gasteiger partial charge is 0.193 e. The zero-order valence-corrected chi connectivity index (χ0v) is 9.79. The first kappa shape index (κ1) is 11.1. The Hall–Kier alpha value is -1.36. The SMILES string of the molecule is BC(=O)c1cnc(N2CCNCC2)c(C)c1. The third-order valence-electron chi connectivity index (χ3n) is 2.87. The highest BCUT2D eigenvalue weighted by Gasteiger charge is 2.14. The molecule has 1 aliphatic heterocycles. The largest absolute Gasteiger partial charge is 0.354 e. The molecule has 0 bridgehead atoms. The number of carbonyl (C=O) groups is 1. The third kappa shape index (κ3) is 2.24. The van der Waals surface area contributed by atoms with E-state index in [0.29, 0.717) is 5.56 Å². The Morgan fingerprint density at radius 1 is 1.50 bits per heavy atom. The minimum absolute atomic E-state index is 0.0717. The van der Waals surface area contributed by atoms with E-state index in [-0.39, 0.29) is 5.68 Å². The maximum Gasteiger partial charge on any atom is 0.193 e. The summed E-state index contributed by atoms with van der Waals surface area (Å²) in [6.45, 7) is 5.96. The maximum atomic E-state index is 11.2. The van der Waals surface area contributed by atoms with Gasteiger partial charge in [-0.1, -0.05) is 0 Å². The molecule has 1 aliphatic rings. The quantitative estimate of drug-likeness (QED) is 0.683. The first-order chi connectivity index (χ1) is 7.68. The lowest BCUT2D eigenvalue weighted by atomic mass is 9.95. The summed E-state index contributed by atoms with van der Waals surface area (Å²) < 4.78 is 0. The molecule has 2 heterocycles. The summed E-state index contributed by atoms with van der Waals surface area (Å²) in [6.07, 6.45) is 1.67. The minimum atomic E-state index is 0.0717. The maximum absolute atomic E-state index is 11.2. The molecule has 0 saturated carbocycles. The number of rotatable bonds is 2. The van der Waals surface area contributed by atoms with Crippen LogP contribution >= 0.6 is 0 Å². The molecule has 0 radical (unpaired) electrons. The van der Waals surface area contributed by atoms with E-state index in [2.05, 4.69) is 15.2 Å². The minimum Gasteiger partial charge on any atom is -0.354 e. The van der Waals surface area contributed by atoms with Crippen LogP contribution in [0.5, 0.6) is 0 Å². The predicted molar refractivity (Wildman–Crippen MR) is 66.9 cm³/mol. The number of aromatic nitrogens is 1. The van der Waals surface area contributed by atoms with Crippen LogP contribution in [0.4, 0.5) is 5.82 Å². The average Bonchev–Trinajstić information content (AvgIpc) is 2.30.